The molecule has 0 atom stereocenters. The Morgan fingerprint density at radius 1 is 1.41 bits per heavy atom. The number of aliphatic imine (C=N–C) groups is 1. The average Bonchev–Trinajstić information content (AvgIpc) is 2.30. The van der Waals surface area contributed by atoms with Crippen molar-refractivity contribution >= 4 is 17.4 Å². The fourth-order valence-electron chi connectivity index (χ4n) is 1.34. The molecule has 1 aliphatic rings. The molecule has 0 bridgehead atoms. The number of phenols is 1. The minimum Gasteiger partial charge on any atom is -0.502 e. The molecule has 8 nitrogen and oxygen atoms in total. The molecular weight excluding hydrogens is 228 g/mol. The Morgan fingerprint density at radius 3 is 2.76 bits per heavy atom. The summed E-state index contributed by atoms with van der Waals surface area (Å²) in [5.74, 6) is -0.395. The van der Waals surface area contributed by atoms with Gasteiger partial charge in [-0.15, -0.1) is 0 Å². The lowest BCUT2D eigenvalue weighted by molar-refractivity contribution is -0.385. The first kappa shape index (κ1) is 10.9. The van der Waals surface area contributed by atoms with Crippen molar-refractivity contribution in [3.05, 3.63) is 33.9 Å². The van der Waals surface area contributed by atoms with Crippen LogP contribution in [0.3, 0.4) is 0 Å². The van der Waals surface area contributed by atoms with E-state index in [2.05, 4.69) is 15.8 Å². The summed E-state index contributed by atoms with van der Waals surface area (Å²) in [5, 5.41) is 19.9. The zero-order chi connectivity index (χ0) is 12.4. The zero-order valence-corrected chi connectivity index (χ0v) is 8.51. The highest BCUT2D eigenvalue weighted by Crippen LogP contribution is 2.26. The third-order valence-electron chi connectivity index (χ3n) is 2.15. The summed E-state index contributed by atoms with van der Waals surface area (Å²) in [7, 11) is 0. The molecule has 17 heavy (non-hydrogen) atoms. The van der Waals surface area contributed by atoms with Crippen molar-refractivity contribution in [3.8, 4) is 5.75 Å². The van der Waals surface area contributed by atoms with Gasteiger partial charge in [-0.2, -0.15) is 0 Å². The lowest BCUT2D eigenvalue weighted by Crippen LogP contribution is -2.47. The first-order chi connectivity index (χ1) is 8.08. The number of amides is 1. The number of carbonyl (C=O) groups excluding carboxylic acids is 1. The minimum atomic E-state index is -0.694. The molecule has 0 spiro atoms. The number of nitro benzene ring substituents is 1. The number of hydrogen-bond acceptors (Lipinski definition) is 6. The predicted octanol–water partition coefficient (Wildman–Crippen LogP) is -0.319. The van der Waals surface area contributed by atoms with E-state index in [1.54, 1.807) is 0 Å². The molecule has 88 valence electrons. The van der Waals surface area contributed by atoms with Crippen LogP contribution in [0, 0.1) is 10.1 Å². The lowest BCUT2D eigenvalue weighted by atomic mass is 10.1. The van der Waals surface area contributed by atoms with Gasteiger partial charge >= 0.3 is 5.69 Å². The number of carbonyl (C=O) groups is 1. The molecule has 0 aliphatic carbocycles. The standard InChI is InChI=1S/C9H8N4O4/c14-7-2-1-5(3-6(7)13(16)17)9-10-4-8(15)11-12-9/h1-3,14H,4H2,(H,10,12)(H,11,15). The molecule has 2 rings (SSSR count). The molecule has 0 radical (unpaired) electrons. The zero-order valence-electron chi connectivity index (χ0n) is 8.51. The number of hydrogen-bond donors (Lipinski definition) is 3. The molecule has 1 aromatic rings. The second-order valence-electron chi connectivity index (χ2n) is 3.30. The van der Waals surface area contributed by atoms with Crippen molar-refractivity contribution in [2.75, 3.05) is 6.54 Å². The van der Waals surface area contributed by atoms with Crippen LogP contribution in [-0.2, 0) is 4.79 Å². The maximum absolute atomic E-state index is 10.8. The molecule has 1 aliphatic heterocycles. The average molecular weight is 236 g/mol. The molecule has 8 heteroatoms. The third kappa shape index (κ3) is 2.14. The van der Waals surface area contributed by atoms with Crippen LogP contribution in [0.15, 0.2) is 23.2 Å². The molecule has 0 fully saturated rings. The van der Waals surface area contributed by atoms with E-state index in [4.69, 9.17) is 0 Å². The summed E-state index contributed by atoms with van der Waals surface area (Å²) in [4.78, 5) is 24.7. The summed E-state index contributed by atoms with van der Waals surface area (Å²) in [6.07, 6.45) is 0. The van der Waals surface area contributed by atoms with E-state index in [1.807, 2.05) is 0 Å². The maximum atomic E-state index is 10.8. The molecule has 0 unspecified atom stereocenters. The van der Waals surface area contributed by atoms with Crippen molar-refractivity contribution in [3.63, 3.8) is 0 Å². The number of nitrogens with one attached hydrogen (secondary N) is 2. The van der Waals surface area contributed by atoms with Crippen LogP contribution in [0.5, 0.6) is 5.75 Å². The molecule has 1 heterocycles. The lowest BCUT2D eigenvalue weighted by Gasteiger charge is -2.15. The van der Waals surface area contributed by atoms with Crippen molar-refractivity contribution < 1.29 is 14.8 Å². The van der Waals surface area contributed by atoms with Gasteiger partial charge in [0.05, 0.1) is 4.92 Å². The molecule has 0 saturated carbocycles. The second kappa shape index (κ2) is 4.08. The number of nitrogens with zero attached hydrogens (tertiary/aromatic N) is 2. The summed E-state index contributed by atoms with van der Waals surface area (Å²) >= 11 is 0. The van der Waals surface area contributed by atoms with Gasteiger partial charge in [0, 0.05) is 11.6 Å². The minimum absolute atomic E-state index is 0.0446. The predicted molar refractivity (Wildman–Crippen MR) is 57.4 cm³/mol. The van der Waals surface area contributed by atoms with Crippen molar-refractivity contribution in [2.24, 2.45) is 4.99 Å². The van der Waals surface area contributed by atoms with Crippen LogP contribution in [0.25, 0.3) is 0 Å². The van der Waals surface area contributed by atoms with Crippen LogP contribution in [-0.4, -0.2) is 28.3 Å². The number of rotatable bonds is 2. The number of benzene rings is 1. The van der Waals surface area contributed by atoms with Gasteiger partial charge < -0.3 is 5.11 Å². The fourth-order valence-corrected chi connectivity index (χ4v) is 1.34. The van der Waals surface area contributed by atoms with Crippen molar-refractivity contribution in [2.45, 2.75) is 0 Å². The van der Waals surface area contributed by atoms with E-state index < -0.39 is 16.4 Å². The van der Waals surface area contributed by atoms with Gasteiger partial charge in [-0.3, -0.25) is 30.8 Å². The second-order valence-corrected chi connectivity index (χ2v) is 3.30. The van der Waals surface area contributed by atoms with Gasteiger partial charge in [0.1, 0.15) is 12.4 Å². The van der Waals surface area contributed by atoms with Crippen molar-refractivity contribution in [1.29, 1.82) is 0 Å². The smallest absolute Gasteiger partial charge is 0.311 e. The van der Waals surface area contributed by atoms with E-state index >= 15 is 0 Å². The van der Waals surface area contributed by atoms with Crippen molar-refractivity contribution in [1.82, 2.24) is 10.9 Å². The molecule has 1 amide bonds. The Hall–Kier alpha value is -2.64. The maximum Gasteiger partial charge on any atom is 0.311 e. The van der Waals surface area contributed by atoms with Crippen LogP contribution in [0.4, 0.5) is 5.69 Å². The van der Waals surface area contributed by atoms with E-state index in [0.29, 0.717) is 11.4 Å². The van der Waals surface area contributed by atoms with Gasteiger partial charge in [-0.05, 0) is 12.1 Å². The third-order valence-corrected chi connectivity index (χ3v) is 2.15. The topological polar surface area (TPSA) is 117 Å². The van der Waals surface area contributed by atoms with Crippen LogP contribution in [0.2, 0.25) is 0 Å². The van der Waals surface area contributed by atoms with E-state index in [1.165, 1.54) is 18.2 Å². The Bertz CT molecular complexity index is 526. The quantitative estimate of drug-likeness (QED) is 0.480. The first-order valence-electron chi connectivity index (χ1n) is 4.65. The Balaban J connectivity index is 2.37. The summed E-state index contributed by atoms with van der Waals surface area (Å²) in [6.45, 7) is -0.0446. The fraction of sp³-hybridized carbons (Fsp3) is 0.111. The van der Waals surface area contributed by atoms with Gasteiger partial charge in [-0.25, -0.2) is 0 Å². The Morgan fingerprint density at radius 2 is 2.18 bits per heavy atom. The largest absolute Gasteiger partial charge is 0.502 e. The molecule has 3 N–H and O–H groups in total. The highest BCUT2D eigenvalue weighted by Gasteiger charge is 2.18. The normalized spacial score (nSPS) is 14.6. The molecule has 1 aromatic carbocycles. The summed E-state index contributed by atoms with van der Waals surface area (Å²) in [6, 6.07) is 3.85. The van der Waals surface area contributed by atoms with Gasteiger partial charge in [-0.1, -0.05) is 0 Å². The van der Waals surface area contributed by atoms with Gasteiger partial charge in [0.25, 0.3) is 5.91 Å². The van der Waals surface area contributed by atoms with Crippen LogP contribution < -0.4 is 10.9 Å². The summed E-state index contributed by atoms with van der Waals surface area (Å²) in [5.41, 5.74) is 4.86. The number of phenolic OH excluding ortho intramolecular Hbond substituents is 1. The van der Waals surface area contributed by atoms with E-state index in [0.717, 1.165) is 0 Å². The number of hydrazine groups is 1. The van der Waals surface area contributed by atoms with Gasteiger partial charge in [0.2, 0.25) is 0 Å². The van der Waals surface area contributed by atoms with Crippen LogP contribution in [0.1, 0.15) is 5.56 Å². The van der Waals surface area contributed by atoms with E-state index in [-0.39, 0.29) is 12.5 Å². The highest BCUT2D eigenvalue weighted by atomic mass is 16.6. The van der Waals surface area contributed by atoms with Crippen LogP contribution >= 0.6 is 0 Å². The Labute approximate surface area is 95.1 Å². The highest BCUT2D eigenvalue weighted by molar-refractivity contribution is 6.03. The SMILES string of the molecule is O=C1CN=C(c2ccc(O)c([N+](=O)[O-])c2)NN1. The molecule has 0 aromatic heterocycles. The molecule has 0 saturated heterocycles. The van der Waals surface area contributed by atoms with Gasteiger partial charge in [0.15, 0.2) is 5.75 Å². The monoisotopic (exact) mass is 236 g/mol. The first-order valence-corrected chi connectivity index (χ1v) is 4.65. The van der Waals surface area contributed by atoms with E-state index in [9.17, 15) is 20.0 Å². The summed E-state index contributed by atoms with van der Waals surface area (Å²) < 4.78 is 0. The number of nitro groups is 1. The number of aromatic hydroxyl groups is 1. The number of amidine groups is 1. The molecular formula is C9H8N4O4. The Kier molecular flexibility index (Phi) is 2.61.